The van der Waals surface area contributed by atoms with Crippen molar-refractivity contribution >= 4 is 69.3 Å². The monoisotopic (exact) mass is 674 g/mol. The zero-order chi connectivity index (χ0) is 32.6. The maximum absolute atomic E-state index is 14.6. The molecule has 0 saturated carbocycles. The van der Waals surface area contributed by atoms with Gasteiger partial charge in [-0.15, -0.1) is 23.1 Å². The second-order valence-corrected chi connectivity index (χ2v) is 12.5. The molecule has 0 spiro atoms. The summed E-state index contributed by atoms with van der Waals surface area (Å²) in [6.45, 7) is 1.75. The third-order valence-corrected chi connectivity index (χ3v) is 8.69. The summed E-state index contributed by atoms with van der Waals surface area (Å²) in [5.74, 6) is -2.50. The van der Waals surface area contributed by atoms with Gasteiger partial charge in [0.1, 0.15) is 17.3 Å². The summed E-state index contributed by atoms with van der Waals surface area (Å²) < 4.78 is 27.8. The van der Waals surface area contributed by atoms with Crippen molar-refractivity contribution in [3.05, 3.63) is 136 Å². The van der Waals surface area contributed by atoms with Crippen molar-refractivity contribution in [2.24, 2.45) is 0 Å². The molecule has 1 aromatic heterocycles. The van der Waals surface area contributed by atoms with Gasteiger partial charge < -0.3 is 16.0 Å². The predicted molar refractivity (Wildman–Crippen MR) is 180 cm³/mol. The van der Waals surface area contributed by atoms with E-state index in [1.807, 2.05) is 0 Å². The Bertz CT molecular complexity index is 1880. The Kier molecular flexibility index (Phi) is 10.6. The van der Waals surface area contributed by atoms with Crippen molar-refractivity contribution < 1.29 is 23.2 Å². The fourth-order valence-electron chi connectivity index (χ4n) is 4.10. The lowest BCUT2D eigenvalue weighted by molar-refractivity contribution is -0.115. The second-order valence-electron chi connectivity index (χ2n) is 9.79. The number of rotatable bonds is 10. The van der Waals surface area contributed by atoms with Crippen molar-refractivity contribution in [2.45, 2.75) is 17.1 Å². The minimum absolute atomic E-state index is 0.0499. The summed E-state index contributed by atoms with van der Waals surface area (Å²) in [5.41, 5.74) is 1.82. The summed E-state index contributed by atoms with van der Waals surface area (Å²) in [7, 11) is 0. The van der Waals surface area contributed by atoms with Gasteiger partial charge in [-0.1, -0.05) is 35.9 Å². The number of thioether (sulfide) groups is 1. The molecule has 0 bridgehead atoms. The number of hydrogen-bond acceptors (Lipinski definition) is 6. The van der Waals surface area contributed by atoms with Crippen LogP contribution in [0.3, 0.4) is 0 Å². The van der Waals surface area contributed by atoms with E-state index in [9.17, 15) is 23.2 Å². The van der Waals surface area contributed by atoms with Crippen LogP contribution in [-0.2, 0) is 9.59 Å². The van der Waals surface area contributed by atoms with E-state index in [0.717, 1.165) is 10.5 Å². The van der Waals surface area contributed by atoms with Crippen LogP contribution in [0.5, 0.6) is 0 Å². The molecule has 5 rings (SSSR count). The van der Waals surface area contributed by atoms with Gasteiger partial charge in [0, 0.05) is 32.7 Å². The van der Waals surface area contributed by atoms with Gasteiger partial charge in [0.25, 0.3) is 11.8 Å². The number of aromatic nitrogens is 1. The number of anilines is 2. The van der Waals surface area contributed by atoms with Crippen molar-refractivity contribution in [3.63, 3.8) is 0 Å². The second kappa shape index (κ2) is 15.0. The number of halogens is 3. The van der Waals surface area contributed by atoms with Gasteiger partial charge in [-0.2, -0.15) is 0 Å². The number of thiazole rings is 1. The van der Waals surface area contributed by atoms with Gasteiger partial charge in [-0.3, -0.25) is 14.4 Å². The molecular formula is C34H25ClF2N4O3S2. The number of amides is 3. The average Bonchev–Trinajstić information content (AvgIpc) is 3.52. The molecule has 1 heterocycles. The van der Waals surface area contributed by atoms with Gasteiger partial charge in [0.05, 0.1) is 16.0 Å². The topological polar surface area (TPSA) is 100 Å². The van der Waals surface area contributed by atoms with Crippen LogP contribution in [-0.4, -0.2) is 28.0 Å². The summed E-state index contributed by atoms with van der Waals surface area (Å²) in [6, 6.07) is 25.1. The molecule has 0 aliphatic carbocycles. The zero-order valence-electron chi connectivity index (χ0n) is 24.1. The van der Waals surface area contributed by atoms with E-state index >= 15 is 0 Å². The molecule has 1 unspecified atom stereocenters. The number of nitrogens with zero attached hydrogens (tertiary/aromatic N) is 1. The van der Waals surface area contributed by atoms with E-state index in [2.05, 4.69) is 20.9 Å². The van der Waals surface area contributed by atoms with Gasteiger partial charge in [0.15, 0.2) is 5.13 Å². The van der Waals surface area contributed by atoms with E-state index in [1.165, 1.54) is 59.5 Å². The maximum Gasteiger partial charge on any atom is 0.272 e. The first-order valence-corrected chi connectivity index (χ1v) is 15.9. The predicted octanol–water partition coefficient (Wildman–Crippen LogP) is 8.27. The van der Waals surface area contributed by atoms with Crippen molar-refractivity contribution in [1.29, 1.82) is 0 Å². The number of carbonyl (C=O) groups excluding carboxylic acids is 3. The molecule has 0 fully saturated rings. The highest BCUT2D eigenvalue weighted by atomic mass is 35.5. The molecule has 0 saturated heterocycles. The van der Waals surface area contributed by atoms with E-state index in [1.54, 1.807) is 79.0 Å². The van der Waals surface area contributed by atoms with Gasteiger partial charge in [0.2, 0.25) is 5.91 Å². The number of hydrogen-bond donors (Lipinski definition) is 3. The van der Waals surface area contributed by atoms with Crippen LogP contribution < -0.4 is 16.0 Å². The Morgan fingerprint density at radius 3 is 2.30 bits per heavy atom. The molecule has 0 aliphatic rings. The summed E-state index contributed by atoms with van der Waals surface area (Å²) in [4.78, 5) is 44.2. The number of nitrogens with one attached hydrogen (secondary N) is 3. The zero-order valence-corrected chi connectivity index (χ0v) is 26.5. The molecule has 3 amide bonds. The molecule has 46 heavy (non-hydrogen) atoms. The number of carbonyl (C=O) groups is 3. The van der Waals surface area contributed by atoms with E-state index in [0.29, 0.717) is 22.1 Å². The molecule has 7 nitrogen and oxygen atoms in total. The molecule has 5 aromatic rings. The highest BCUT2D eigenvalue weighted by Gasteiger charge is 2.19. The summed E-state index contributed by atoms with van der Waals surface area (Å²) in [5, 5.41) is 9.87. The van der Waals surface area contributed by atoms with Crippen molar-refractivity contribution in [2.75, 3.05) is 10.6 Å². The smallest absolute Gasteiger partial charge is 0.272 e. The average molecular weight is 675 g/mol. The van der Waals surface area contributed by atoms with E-state index in [-0.39, 0.29) is 28.0 Å². The third-order valence-electron chi connectivity index (χ3n) is 6.49. The van der Waals surface area contributed by atoms with Crippen LogP contribution in [0.1, 0.15) is 22.8 Å². The molecule has 4 aromatic carbocycles. The molecule has 0 aliphatic heterocycles. The van der Waals surface area contributed by atoms with Crippen LogP contribution >= 0.6 is 34.7 Å². The van der Waals surface area contributed by atoms with Gasteiger partial charge >= 0.3 is 0 Å². The van der Waals surface area contributed by atoms with Crippen molar-refractivity contribution in [3.8, 4) is 11.3 Å². The van der Waals surface area contributed by atoms with Crippen molar-refractivity contribution in [1.82, 2.24) is 10.3 Å². The minimum atomic E-state index is -0.694. The standard InChI is InChI=1S/C34H25ClF2N4O3S2/c1-20(31(42)41-34-40-30(19-45-34)21-10-12-23(36)13-11-21)46-25-16-14-24(15-17-25)38-33(44)29(18-26-27(35)8-5-9-28(26)37)39-32(43)22-6-3-2-4-7-22/h2-20H,1H3,(H,38,44)(H,39,43)(H,40,41,42)/b29-18-. The molecule has 1 atom stereocenters. The third kappa shape index (κ3) is 8.45. The molecule has 3 N–H and O–H groups in total. The quantitative estimate of drug-likeness (QED) is 0.102. The first-order valence-electron chi connectivity index (χ1n) is 13.8. The SMILES string of the molecule is CC(Sc1ccc(NC(=O)/C(=C/c2c(F)cccc2Cl)NC(=O)c2ccccc2)cc1)C(=O)Nc1nc(-c2ccc(F)cc2)cs1. The van der Waals surface area contributed by atoms with Crippen LogP contribution in [0.15, 0.2) is 113 Å². The van der Waals surface area contributed by atoms with Crippen LogP contribution in [0, 0.1) is 11.6 Å². The van der Waals surface area contributed by atoms with Crippen LogP contribution in [0.25, 0.3) is 17.3 Å². The highest BCUT2D eigenvalue weighted by molar-refractivity contribution is 8.00. The summed E-state index contributed by atoms with van der Waals surface area (Å²) in [6.07, 6.45) is 1.18. The molecule has 0 radical (unpaired) electrons. The Balaban J connectivity index is 1.23. The maximum atomic E-state index is 14.6. The minimum Gasteiger partial charge on any atom is -0.321 e. The van der Waals surface area contributed by atoms with Gasteiger partial charge in [-0.05, 0) is 85.8 Å². The van der Waals surface area contributed by atoms with Gasteiger partial charge in [-0.25, -0.2) is 13.8 Å². The van der Waals surface area contributed by atoms with E-state index in [4.69, 9.17) is 11.6 Å². The molecule has 12 heteroatoms. The molecular weight excluding hydrogens is 650 g/mol. The summed E-state index contributed by atoms with van der Waals surface area (Å²) >= 11 is 8.75. The van der Waals surface area contributed by atoms with Crippen LogP contribution in [0.2, 0.25) is 5.02 Å². The first kappa shape index (κ1) is 32.6. The fourth-order valence-corrected chi connectivity index (χ4v) is 5.91. The lowest BCUT2D eigenvalue weighted by Gasteiger charge is -2.13. The largest absolute Gasteiger partial charge is 0.321 e. The van der Waals surface area contributed by atoms with E-state index < -0.39 is 22.9 Å². The Morgan fingerprint density at radius 2 is 1.61 bits per heavy atom. The Morgan fingerprint density at radius 1 is 0.891 bits per heavy atom. The first-order chi connectivity index (χ1) is 22.2. The van der Waals surface area contributed by atoms with Crippen LogP contribution in [0.4, 0.5) is 19.6 Å². The normalized spacial score (nSPS) is 11.9. The molecule has 232 valence electrons. The Hall–Kier alpha value is -4.84. The Labute approximate surface area is 276 Å². The fraction of sp³-hybridized carbons (Fsp3) is 0.0588. The number of benzene rings is 4. The lowest BCUT2D eigenvalue weighted by Crippen LogP contribution is -2.30. The highest BCUT2D eigenvalue weighted by Crippen LogP contribution is 2.29. The lowest BCUT2D eigenvalue weighted by atomic mass is 10.1.